The smallest absolute Gasteiger partial charge is 0.323 e. The average Bonchev–Trinajstić information content (AvgIpc) is 2.74. The predicted molar refractivity (Wildman–Crippen MR) is 126 cm³/mol. The van der Waals surface area contributed by atoms with Crippen LogP contribution in [0.4, 0.5) is 21.9 Å². The molecule has 2 N–H and O–H groups in total. The Balaban J connectivity index is 1.62. The number of carbonyl (C=O) groups is 1. The first kappa shape index (κ1) is 22.9. The summed E-state index contributed by atoms with van der Waals surface area (Å²) in [5.74, 6) is 0.911. The Morgan fingerprint density at radius 3 is 2.45 bits per heavy atom. The van der Waals surface area contributed by atoms with E-state index in [9.17, 15) is 13.2 Å². The zero-order chi connectivity index (χ0) is 22.3. The quantitative estimate of drug-likeness (QED) is 0.532. The van der Waals surface area contributed by atoms with Crippen LogP contribution in [0.2, 0.25) is 0 Å². The molecule has 0 aromatic heterocycles. The van der Waals surface area contributed by atoms with E-state index in [0.717, 1.165) is 37.0 Å². The maximum atomic E-state index is 12.5. The zero-order valence-electron chi connectivity index (χ0n) is 18.2. The molecular formula is C23H31N3O4S. The topological polar surface area (TPSA) is 87.7 Å². The molecule has 0 radical (unpaired) electrons. The maximum absolute atomic E-state index is 12.5. The number of rotatable bonds is 9. The lowest BCUT2D eigenvalue weighted by Crippen LogP contribution is -2.37. The molecule has 7 nitrogen and oxygen atoms in total. The molecule has 168 valence electrons. The molecule has 2 amide bonds. The van der Waals surface area contributed by atoms with Gasteiger partial charge in [-0.25, -0.2) is 13.2 Å². The van der Waals surface area contributed by atoms with Crippen molar-refractivity contribution >= 4 is 33.1 Å². The minimum atomic E-state index is -3.31. The van der Waals surface area contributed by atoms with E-state index in [1.165, 1.54) is 4.31 Å². The lowest BCUT2D eigenvalue weighted by Gasteiger charge is -2.30. The molecule has 3 rings (SSSR count). The highest BCUT2D eigenvalue weighted by Gasteiger charge is 2.26. The van der Waals surface area contributed by atoms with E-state index in [-0.39, 0.29) is 11.8 Å². The molecule has 0 bridgehead atoms. The van der Waals surface area contributed by atoms with E-state index in [1.54, 1.807) is 24.3 Å². The molecule has 0 unspecified atom stereocenters. The summed E-state index contributed by atoms with van der Waals surface area (Å²) in [5.41, 5.74) is 2.93. The molecule has 0 atom stereocenters. The Morgan fingerprint density at radius 1 is 1.03 bits per heavy atom. The summed E-state index contributed by atoms with van der Waals surface area (Å²) in [6.45, 7) is 5.16. The number of amides is 2. The summed E-state index contributed by atoms with van der Waals surface area (Å²) in [7, 11) is -3.31. The van der Waals surface area contributed by atoms with Crippen LogP contribution < -0.4 is 19.7 Å². The summed E-state index contributed by atoms with van der Waals surface area (Å²) in [6.07, 6.45) is 4.21. The number of anilines is 3. The molecule has 1 aliphatic rings. The number of aryl methyl sites for hydroxylation is 1. The van der Waals surface area contributed by atoms with Crippen molar-refractivity contribution in [2.45, 2.75) is 46.0 Å². The van der Waals surface area contributed by atoms with Crippen LogP contribution in [0.25, 0.3) is 0 Å². The summed E-state index contributed by atoms with van der Waals surface area (Å²) < 4.78 is 32.2. The van der Waals surface area contributed by atoms with Gasteiger partial charge in [0.25, 0.3) is 0 Å². The van der Waals surface area contributed by atoms with E-state index in [0.29, 0.717) is 36.6 Å². The van der Waals surface area contributed by atoms with Gasteiger partial charge in [0.1, 0.15) is 5.75 Å². The Hall–Kier alpha value is -2.74. The number of hydrogen-bond acceptors (Lipinski definition) is 4. The first-order chi connectivity index (χ1) is 14.9. The minimum absolute atomic E-state index is 0.136. The number of carbonyl (C=O) groups excluding carboxylic acids is 1. The molecule has 0 spiro atoms. The van der Waals surface area contributed by atoms with Gasteiger partial charge in [-0.2, -0.15) is 0 Å². The fourth-order valence-corrected chi connectivity index (χ4v) is 5.18. The standard InChI is InChI=1S/C23H31N3O4S/c1-3-5-15-30-21-11-8-19(9-12-21)24-23(27)25-20-10-13-22-18(17-20)7-6-14-26(22)31(28,29)16-4-2/h8-13,17H,3-7,14-16H2,1-2H3,(H2,24,25,27). The highest BCUT2D eigenvalue weighted by atomic mass is 32.2. The fourth-order valence-electron chi connectivity index (χ4n) is 3.56. The zero-order valence-corrected chi connectivity index (χ0v) is 19.0. The van der Waals surface area contributed by atoms with Crippen LogP contribution in [0.15, 0.2) is 42.5 Å². The normalized spacial score (nSPS) is 13.4. The van der Waals surface area contributed by atoms with Crippen LogP contribution in [-0.4, -0.2) is 33.4 Å². The third kappa shape index (κ3) is 6.13. The molecular weight excluding hydrogens is 414 g/mol. The van der Waals surface area contributed by atoms with Crippen LogP contribution in [-0.2, 0) is 16.4 Å². The number of sulfonamides is 1. The van der Waals surface area contributed by atoms with E-state index in [1.807, 2.05) is 25.1 Å². The average molecular weight is 446 g/mol. The van der Waals surface area contributed by atoms with Gasteiger partial charge in [0.2, 0.25) is 10.0 Å². The SMILES string of the molecule is CCCCOc1ccc(NC(=O)Nc2ccc3c(c2)CCCN3S(=O)(=O)CCC)cc1. The summed E-state index contributed by atoms with van der Waals surface area (Å²) in [5, 5.41) is 5.63. The molecule has 0 aliphatic carbocycles. The molecule has 2 aromatic carbocycles. The van der Waals surface area contributed by atoms with Crippen molar-refractivity contribution in [2.75, 3.05) is 33.8 Å². The van der Waals surface area contributed by atoms with Crippen LogP contribution in [0.3, 0.4) is 0 Å². The third-order valence-corrected chi connectivity index (χ3v) is 7.07. The predicted octanol–water partition coefficient (Wildman–Crippen LogP) is 5.00. The largest absolute Gasteiger partial charge is 0.494 e. The maximum Gasteiger partial charge on any atom is 0.323 e. The van der Waals surface area contributed by atoms with Crippen molar-refractivity contribution in [3.63, 3.8) is 0 Å². The first-order valence-corrected chi connectivity index (χ1v) is 12.5. The molecule has 2 aromatic rings. The van der Waals surface area contributed by atoms with Crippen LogP contribution in [0.5, 0.6) is 5.75 Å². The highest BCUT2D eigenvalue weighted by Crippen LogP contribution is 2.32. The van der Waals surface area contributed by atoms with Gasteiger partial charge in [-0.1, -0.05) is 20.3 Å². The number of fused-ring (bicyclic) bond motifs is 1. The van der Waals surface area contributed by atoms with Crippen molar-refractivity contribution in [1.29, 1.82) is 0 Å². The number of hydrogen-bond donors (Lipinski definition) is 2. The monoisotopic (exact) mass is 445 g/mol. The van der Waals surface area contributed by atoms with Crippen LogP contribution in [0, 0.1) is 0 Å². The lowest BCUT2D eigenvalue weighted by atomic mass is 10.0. The summed E-state index contributed by atoms with van der Waals surface area (Å²) >= 11 is 0. The molecule has 8 heteroatoms. The van der Waals surface area contributed by atoms with Gasteiger partial charge in [-0.3, -0.25) is 4.31 Å². The Morgan fingerprint density at radius 2 is 1.74 bits per heavy atom. The second-order valence-electron chi connectivity index (χ2n) is 7.64. The highest BCUT2D eigenvalue weighted by molar-refractivity contribution is 7.92. The van der Waals surface area contributed by atoms with Crippen molar-refractivity contribution in [2.24, 2.45) is 0 Å². The van der Waals surface area contributed by atoms with Crippen molar-refractivity contribution < 1.29 is 17.9 Å². The molecule has 0 fully saturated rings. The molecule has 31 heavy (non-hydrogen) atoms. The van der Waals surface area contributed by atoms with Crippen LogP contribution >= 0.6 is 0 Å². The van der Waals surface area contributed by atoms with E-state index < -0.39 is 10.0 Å². The molecule has 1 aliphatic heterocycles. The second-order valence-corrected chi connectivity index (χ2v) is 9.65. The van der Waals surface area contributed by atoms with Gasteiger partial charge in [0.15, 0.2) is 0 Å². The number of unbranched alkanes of at least 4 members (excludes halogenated alkanes) is 1. The van der Waals surface area contributed by atoms with Crippen molar-refractivity contribution in [3.05, 3.63) is 48.0 Å². The van der Waals surface area contributed by atoms with Crippen molar-refractivity contribution in [1.82, 2.24) is 0 Å². The van der Waals surface area contributed by atoms with Gasteiger partial charge in [0, 0.05) is 17.9 Å². The minimum Gasteiger partial charge on any atom is -0.494 e. The number of benzene rings is 2. The molecule has 0 saturated heterocycles. The second kappa shape index (κ2) is 10.5. The number of urea groups is 1. The number of nitrogens with zero attached hydrogens (tertiary/aromatic N) is 1. The Bertz CT molecular complexity index is 990. The summed E-state index contributed by atoms with van der Waals surface area (Å²) in [6, 6.07) is 12.3. The van der Waals surface area contributed by atoms with Gasteiger partial charge >= 0.3 is 6.03 Å². The third-order valence-electron chi connectivity index (χ3n) is 5.09. The van der Waals surface area contributed by atoms with E-state index in [4.69, 9.17) is 4.74 Å². The van der Waals surface area contributed by atoms with E-state index in [2.05, 4.69) is 17.6 Å². The van der Waals surface area contributed by atoms with Crippen LogP contribution in [0.1, 0.15) is 45.1 Å². The van der Waals surface area contributed by atoms with Gasteiger partial charge < -0.3 is 15.4 Å². The van der Waals surface area contributed by atoms with Gasteiger partial charge in [0.05, 0.1) is 18.0 Å². The molecule has 1 heterocycles. The first-order valence-electron chi connectivity index (χ1n) is 10.9. The lowest BCUT2D eigenvalue weighted by molar-refractivity contribution is 0.262. The van der Waals surface area contributed by atoms with Gasteiger partial charge in [-0.15, -0.1) is 0 Å². The Labute approximate surface area is 184 Å². The van der Waals surface area contributed by atoms with E-state index >= 15 is 0 Å². The fraction of sp³-hybridized carbons (Fsp3) is 0.435. The number of ether oxygens (including phenoxy) is 1. The molecule has 0 saturated carbocycles. The Kier molecular flexibility index (Phi) is 7.79. The number of nitrogens with one attached hydrogen (secondary N) is 2. The van der Waals surface area contributed by atoms with Crippen molar-refractivity contribution in [3.8, 4) is 5.75 Å². The summed E-state index contributed by atoms with van der Waals surface area (Å²) in [4.78, 5) is 12.4. The van der Waals surface area contributed by atoms with Gasteiger partial charge in [-0.05, 0) is 73.7 Å².